The van der Waals surface area contributed by atoms with Crippen molar-refractivity contribution in [3.8, 4) is 0 Å². The maximum atomic E-state index is 12.2. The molecule has 1 aliphatic heterocycles. The molecule has 2 aliphatic rings. The predicted molar refractivity (Wildman–Crippen MR) is 83.1 cm³/mol. The van der Waals surface area contributed by atoms with E-state index < -0.39 is 0 Å². The van der Waals surface area contributed by atoms with Crippen LogP contribution in [0.1, 0.15) is 37.0 Å². The van der Waals surface area contributed by atoms with Gasteiger partial charge >= 0.3 is 0 Å². The van der Waals surface area contributed by atoms with Crippen LogP contribution in [0.5, 0.6) is 0 Å². The summed E-state index contributed by atoms with van der Waals surface area (Å²) in [5, 5.41) is 5.03. The van der Waals surface area contributed by atoms with E-state index in [1.165, 1.54) is 17.7 Å². The minimum Gasteiger partial charge on any atom is -0.355 e. The van der Waals surface area contributed by atoms with E-state index in [9.17, 15) is 9.59 Å². The highest BCUT2D eigenvalue weighted by Crippen LogP contribution is 2.29. The van der Waals surface area contributed by atoms with E-state index in [-0.39, 0.29) is 17.7 Å². The molecule has 21 heavy (non-hydrogen) atoms. The van der Waals surface area contributed by atoms with Crippen LogP contribution in [0, 0.1) is 5.92 Å². The molecule has 1 N–H and O–H groups in total. The first-order chi connectivity index (χ1) is 10.2. The van der Waals surface area contributed by atoms with Gasteiger partial charge in [-0.25, -0.2) is 0 Å². The molecule has 114 valence electrons. The lowest BCUT2D eigenvalue weighted by atomic mass is 10.1. The Morgan fingerprint density at radius 1 is 1.38 bits per heavy atom. The minimum atomic E-state index is -0.151. The van der Waals surface area contributed by atoms with E-state index in [2.05, 4.69) is 11.4 Å². The molecule has 2 fully saturated rings. The number of thiophene rings is 1. The quantitative estimate of drug-likeness (QED) is 0.906. The van der Waals surface area contributed by atoms with Crippen molar-refractivity contribution >= 4 is 23.2 Å². The lowest BCUT2D eigenvalue weighted by Crippen LogP contribution is -2.37. The lowest BCUT2D eigenvalue weighted by Gasteiger charge is -2.23. The highest BCUT2D eigenvalue weighted by Gasteiger charge is 2.38. The summed E-state index contributed by atoms with van der Waals surface area (Å²) in [5.41, 5.74) is 0. The van der Waals surface area contributed by atoms with Gasteiger partial charge in [0.15, 0.2) is 0 Å². The third-order valence-electron chi connectivity index (χ3n) is 4.55. The van der Waals surface area contributed by atoms with E-state index in [0.29, 0.717) is 25.6 Å². The highest BCUT2D eigenvalue weighted by molar-refractivity contribution is 7.09. The second kappa shape index (κ2) is 6.60. The van der Waals surface area contributed by atoms with Gasteiger partial charge in [0.1, 0.15) is 0 Å². The molecule has 3 rings (SSSR count). The summed E-state index contributed by atoms with van der Waals surface area (Å²) < 4.78 is 0. The molecule has 0 spiro atoms. The molecule has 0 radical (unpaired) electrons. The summed E-state index contributed by atoms with van der Waals surface area (Å²) in [6.07, 6.45) is 5.91. The number of carbonyl (C=O) groups excluding carboxylic acids is 2. The maximum absolute atomic E-state index is 12.2. The average molecular weight is 306 g/mol. The van der Waals surface area contributed by atoms with Gasteiger partial charge < -0.3 is 10.2 Å². The molecule has 1 saturated heterocycles. The van der Waals surface area contributed by atoms with E-state index in [4.69, 9.17) is 0 Å². The Bertz CT molecular complexity index is 494. The van der Waals surface area contributed by atoms with Gasteiger partial charge in [-0.1, -0.05) is 18.9 Å². The van der Waals surface area contributed by atoms with Crippen molar-refractivity contribution < 1.29 is 9.59 Å². The zero-order chi connectivity index (χ0) is 14.7. The van der Waals surface area contributed by atoms with Crippen molar-refractivity contribution in [2.75, 3.05) is 13.1 Å². The molecule has 4 nitrogen and oxygen atoms in total. The van der Waals surface area contributed by atoms with E-state index in [0.717, 1.165) is 19.3 Å². The van der Waals surface area contributed by atoms with Crippen molar-refractivity contribution in [1.82, 2.24) is 10.2 Å². The Labute approximate surface area is 129 Å². The van der Waals surface area contributed by atoms with Crippen molar-refractivity contribution in [1.29, 1.82) is 0 Å². The van der Waals surface area contributed by atoms with Crippen LogP contribution < -0.4 is 5.32 Å². The number of rotatable bonds is 5. The molecule has 0 bridgehead atoms. The van der Waals surface area contributed by atoms with Crippen LogP contribution in [0.3, 0.4) is 0 Å². The molecule has 0 unspecified atom stereocenters. The third kappa shape index (κ3) is 3.46. The molecule has 5 heteroatoms. The SMILES string of the molecule is O=C(NCCc1cccs1)[C@H]1CC(=O)N(C2CCCC2)C1. The molecular formula is C16H22N2O2S. The van der Waals surface area contributed by atoms with Gasteiger partial charge in [0.2, 0.25) is 11.8 Å². The Hall–Kier alpha value is -1.36. The minimum absolute atomic E-state index is 0.0420. The second-order valence-corrected chi connectivity index (χ2v) is 7.04. The summed E-state index contributed by atoms with van der Waals surface area (Å²) in [5.74, 6) is 0.0575. The Balaban J connectivity index is 1.46. The molecular weight excluding hydrogens is 284 g/mol. The summed E-state index contributed by atoms with van der Waals surface area (Å²) in [6.45, 7) is 1.28. The Morgan fingerprint density at radius 3 is 2.90 bits per heavy atom. The molecule has 1 aliphatic carbocycles. The summed E-state index contributed by atoms with van der Waals surface area (Å²) in [4.78, 5) is 27.5. The normalized spacial score (nSPS) is 23.0. The fourth-order valence-corrected chi connectivity index (χ4v) is 4.09. The first-order valence-corrected chi connectivity index (χ1v) is 8.71. The fraction of sp³-hybridized carbons (Fsp3) is 0.625. The van der Waals surface area contributed by atoms with Crippen LogP contribution >= 0.6 is 11.3 Å². The number of likely N-dealkylation sites (tertiary alicyclic amines) is 1. The zero-order valence-electron chi connectivity index (χ0n) is 12.2. The van der Waals surface area contributed by atoms with Gasteiger partial charge in [0.05, 0.1) is 5.92 Å². The zero-order valence-corrected chi connectivity index (χ0v) is 13.0. The number of nitrogens with one attached hydrogen (secondary N) is 1. The largest absolute Gasteiger partial charge is 0.355 e. The number of nitrogens with zero attached hydrogens (tertiary/aromatic N) is 1. The smallest absolute Gasteiger partial charge is 0.225 e. The first kappa shape index (κ1) is 14.6. The van der Waals surface area contributed by atoms with Crippen LogP contribution in [0.4, 0.5) is 0 Å². The fourth-order valence-electron chi connectivity index (χ4n) is 3.38. The highest BCUT2D eigenvalue weighted by atomic mass is 32.1. The third-order valence-corrected chi connectivity index (χ3v) is 5.48. The average Bonchev–Trinajstić information content (AvgIpc) is 3.19. The molecule has 1 atom stereocenters. The summed E-state index contributed by atoms with van der Waals surface area (Å²) >= 11 is 1.71. The van der Waals surface area contributed by atoms with Gasteiger partial charge in [-0.2, -0.15) is 0 Å². The molecule has 2 heterocycles. The Kier molecular flexibility index (Phi) is 4.58. The lowest BCUT2D eigenvalue weighted by molar-refractivity contribution is -0.130. The number of hydrogen-bond donors (Lipinski definition) is 1. The van der Waals surface area contributed by atoms with Crippen LogP contribution in [0.2, 0.25) is 0 Å². The standard InChI is InChI=1S/C16H22N2O2S/c19-15-10-12(11-18(15)13-4-1-2-5-13)16(20)17-8-7-14-6-3-9-21-14/h3,6,9,12-13H,1-2,4-5,7-8,10-11H2,(H,17,20)/t12-/m0/s1. The molecule has 0 aromatic carbocycles. The van der Waals surface area contributed by atoms with Crippen LogP contribution in [-0.4, -0.2) is 35.8 Å². The van der Waals surface area contributed by atoms with Crippen LogP contribution in [-0.2, 0) is 16.0 Å². The van der Waals surface area contributed by atoms with Gasteiger partial charge in [-0.05, 0) is 30.7 Å². The number of amides is 2. The molecule has 1 saturated carbocycles. The summed E-state index contributed by atoms with van der Waals surface area (Å²) in [6, 6.07) is 4.50. The van der Waals surface area contributed by atoms with Gasteiger partial charge in [0, 0.05) is 30.4 Å². The van der Waals surface area contributed by atoms with Gasteiger partial charge in [-0.3, -0.25) is 9.59 Å². The molecule has 1 aromatic heterocycles. The van der Waals surface area contributed by atoms with Crippen LogP contribution in [0.25, 0.3) is 0 Å². The monoisotopic (exact) mass is 306 g/mol. The predicted octanol–water partition coefficient (Wildman–Crippen LogP) is 2.20. The first-order valence-electron chi connectivity index (χ1n) is 7.83. The van der Waals surface area contributed by atoms with E-state index in [1.807, 2.05) is 16.3 Å². The topological polar surface area (TPSA) is 49.4 Å². The van der Waals surface area contributed by atoms with Crippen molar-refractivity contribution in [3.05, 3.63) is 22.4 Å². The second-order valence-electron chi connectivity index (χ2n) is 6.01. The van der Waals surface area contributed by atoms with Crippen molar-refractivity contribution in [2.24, 2.45) is 5.92 Å². The van der Waals surface area contributed by atoms with E-state index >= 15 is 0 Å². The van der Waals surface area contributed by atoms with Crippen molar-refractivity contribution in [2.45, 2.75) is 44.6 Å². The van der Waals surface area contributed by atoms with Gasteiger partial charge in [-0.15, -0.1) is 11.3 Å². The number of hydrogen-bond acceptors (Lipinski definition) is 3. The molecule has 2 amide bonds. The van der Waals surface area contributed by atoms with Crippen molar-refractivity contribution in [3.63, 3.8) is 0 Å². The van der Waals surface area contributed by atoms with E-state index in [1.54, 1.807) is 11.3 Å². The number of carbonyl (C=O) groups is 2. The molecule has 1 aromatic rings. The van der Waals surface area contributed by atoms with Crippen LogP contribution in [0.15, 0.2) is 17.5 Å². The van der Waals surface area contributed by atoms with Gasteiger partial charge in [0.25, 0.3) is 0 Å². The maximum Gasteiger partial charge on any atom is 0.225 e. The summed E-state index contributed by atoms with van der Waals surface area (Å²) in [7, 11) is 0. The Morgan fingerprint density at radius 2 is 2.19 bits per heavy atom.